The number of hydrogen-bond acceptors (Lipinski definition) is 12. The van der Waals surface area contributed by atoms with Crippen LogP contribution in [0.15, 0.2) is 51.5 Å². The van der Waals surface area contributed by atoms with E-state index in [0.29, 0.717) is 77.3 Å². The molecule has 8 aliphatic carbocycles. The summed E-state index contributed by atoms with van der Waals surface area (Å²) < 4.78 is 31.3. The van der Waals surface area contributed by atoms with Crippen LogP contribution >= 0.6 is 0 Å². The van der Waals surface area contributed by atoms with Crippen molar-refractivity contribution in [3.8, 4) is 0 Å². The van der Waals surface area contributed by atoms with E-state index in [1.54, 1.807) is 0 Å². The summed E-state index contributed by atoms with van der Waals surface area (Å²) in [7, 11) is 0. The third-order valence-electron chi connectivity index (χ3n) is 19.7. The highest BCUT2D eigenvalue weighted by molar-refractivity contribution is 5.87. The molecular weight excluding hydrogens is 884 g/mol. The van der Waals surface area contributed by atoms with Crippen LogP contribution in [-0.2, 0) is 54.8 Å². The van der Waals surface area contributed by atoms with Gasteiger partial charge in [-0.15, -0.1) is 10.2 Å². The smallest absolute Gasteiger partial charge is 0.331 e. The quantitative estimate of drug-likeness (QED) is 0.163. The van der Waals surface area contributed by atoms with Crippen molar-refractivity contribution in [2.24, 2.45) is 57.2 Å². The van der Waals surface area contributed by atoms with E-state index in [1.165, 1.54) is 32.9 Å². The summed E-state index contributed by atoms with van der Waals surface area (Å²) in [5.74, 6) is 1.80. The molecule has 3 aromatic heterocycles. The minimum absolute atomic E-state index is 0.0395. The number of fused-ring (bicyclic) bond motifs is 10. The fourth-order valence-electron chi connectivity index (χ4n) is 15.9. The fourth-order valence-corrected chi connectivity index (χ4v) is 15.9. The topological polar surface area (TPSA) is 192 Å². The van der Waals surface area contributed by atoms with Crippen molar-refractivity contribution in [1.29, 1.82) is 0 Å². The molecule has 8 aliphatic rings. The van der Waals surface area contributed by atoms with Gasteiger partial charge in [-0.3, -0.25) is 33.1 Å². The Hall–Kier alpha value is -5.35. The number of ketones is 2. The van der Waals surface area contributed by atoms with Gasteiger partial charge in [0.2, 0.25) is 5.82 Å². The maximum atomic E-state index is 15.1. The van der Waals surface area contributed by atoms with Gasteiger partial charge in [0.25, 0.3) is 5.56 Å². The summed E-state index contributed by atoms with van der Waals surface area (Å²) in [6.45, 7) is 8.08. The first kappa shape index (κ1) is 46.1. The van der Waals surface area contributed by atoms with E-state index in [-0.39, 0.29) is 64.9 Å². The Balaban J connectivity index is 0.673. The van der Waals surface area contributed by atoms with Crippen LogP contribution in [0.5, 0.6) is 0 Å². The molecule has 69 heavy (non-hydrogen) atoms. The fraction of sp³-hybridized carbons (Fsp3) is 0.692. The lowest BCUT2D eigenvalue weighted by Crippen LogP contribution is -2.50. The Labute approximate surface area is 400 Å². The van der Waals surface area contributed by atoms with E-state index in [0.717, 1.165) is 87.8 Å². The molecule has 0 radical (unpaired) electrons. The van der Waals surface area contributed by atoms with Crippen LogP contribution in [0.1, 0.15) is 142 Å². The van der Waals surface area contributed by atoms with Gasteiger partial charge >= 0.3 is 17.6 Å². The third-order valence-corrected chi connectivity index (χ3v) is 19.7. The third kappa shape index (κ3) is 7.73. The van der Waals surface area contributed by atoms with E-state index < -0.39 is 35.5 Å². The molecule has 0 bridgehead atoms. The lowest BCUT2D eigenvalue weighted by Gasteiger charge is -2.56. The summed E-state index contributed by atoms with van der Waals surface area (Å²) in [5.41, 5.74) is 0.933. The zero-order chi connectivity index (χ0) is 48.2. The van der Waals surface area contributed by atoms with Gasteiger partial charge in [-0.05, 0) is 123 Å². The average Bonchev–Trinajstić information content (AvgIpc) is 4.10. The second-order valence-electron chi connectivity index (χ2n) is 23.2. The Morgan fingerprint density at radius 3 is 1.57 bits per heavy atom. The second kappa shape index (κ2) is 16.9. The van der Waals surface area contributed by atoms with Crippen LogP contribution in [0.25, 0.3) is 0 Å². The highest BCUT2D eigenvalue weighted by Crippen LogP contribution is 2.65. The number of carbonyl (C=O) groups is 4. The molecule has 3 heterocycles. The maximum absolute atomic E-state index is 15.1. The van der Waals surface area contributed by atoms with Gasteiger partial charge in [0.1, 0.15) is 48.3 Å². The normalized spacial score (nSPS) is 36.8. The minimum atomic E-state index is -1.16. The number of nitrogens with zero attached hydrogens (tertiary/aromatic N) is 8. The molecule has 12 atom stereocenters. The first-order valence-corrected chi connectivity index (χ1v) is 25.6. The second-order valence-corrected chi connectivity index (χ2v) is 23.2. The molecule has 368 valence electrons. The lowest BCUT2D eigenvalue weighted by molar-refractivity contribution is -0.153. The molecule has 6 saturated carbocycles. The molecule has 0 N–H and O–H groups in total. The van der Waals surface area contributed by atoms with Crippen LogP contribution in [-0.4, -0.2) is 74.8 Å². The van der Waals surface area contributed by atoms with Crippen molar-refractivity contribution in [3.05, 3.63) is 79.9 Å². The Morgan fingerprint density at radius 1 is 0.623 bits per heavy atom. The molecule has 0 aromatic carbocycles. The van der Waals surface area contributed by atoms with Gasteiger partial charge in [0.15, 0.2) is 0 Å². The molecule has 0 amide bonds. The summed E-state index contributed by atoms with van der Waals surface area (Å²) in [4.78, 5) is 78.6. The zero-order valence-electron chi connectivity index (χ0n) is 40.4. The molecule has 0 unspecified atom stereocenters. The van der Waals surface area contributed by atoms with Crippen LogP contribution in [0, 0.1) is 63.0 Å². The Kier molecular flexibility index (Phi) is 11.3. The number of esters is 2. The number of halogens is 1. The molecule has 16 nitrogen and oxygen atoms in total. The molecule has 0 spiro atoms. The van der Waals surface area contributed by atoms with Gasteiger partial charge in [0, 0.05) is 36.5 Å². The molecule has 17 heteroatoms. The van der Waals surface area contributed by atoms with Gasteiger partial charge in [0.05, 0.1) is 31.7 Å². The molecule has 3 aromatic rings. The predicted octanol–water partition coefficient (Wildman–Crippen LogP) is 6.32. The summed E-state index contributed by atoms with van der Waals surface area (Å²) in [6.07, 6.45) is 22.1. The highest BCUT2D eigenvalue weighted by atomic mass is 19.1. The highest BCUT2D eigenvalue weighted by Gasteiger charge is 2.60. The van der Waals surface area contributed by atoms with E-state index >= 15 is 4.39 Å². The molecule has 6 fully saturated rings. The lowest BCUT2D eigenvalue weighted by atomic mass is 9.48. The molecule has 0 saturated heterocycles. The monoisotopic (exact) mass is 948 g/mol. The number of Topliss-reactive ketones (excluding diaryl/α,β-unsaturated/α-hetero) is 2. The summed E-state index contributed by atoms with van der Waals surface area (Å²) in [6, 6.07) is 0. The van der Waals surface area contributed by atoms with Crippen LogP contribution in [0.2, 0.25) is 0 Å². The van der Waals surface area contributed by atoms with Crippen LogP contribution in [0.4, 0.5) is 4.39 Å². The number of carbonyl (C=O) groups excluding carboxylic acids is 4. The van der Waals surface area contributed by atoms with Crippen molar-refractivity contribution >= 4 is 23.5 Å². The Bertz CT molecular complexity index is 2810. The average molecular weight is 949 g/mol. The number of ether oxygens (including phenoxy) is 2. The zero-order valence-corrected chi connectivity index (χ0v) is 40.4. The van der Waals surface area contributed by atoms with Gasteiger partial charge in [-0.2, -0.15) is 4.39 Å². The number of aromatic nitrogens is 8. The molecular formula is C52H65FN8O8. The number of hydrogen-bond donors (Lipinski definition) is 0. The van der Waals surface area contributed by atoms with Gasteiger partial charge in [-0.25, -0.2) is 14.2 Å². The maximum Gasteiger partial charge on any atom is 0.331 e. The number of rotatable bonds is 10. The minimum Gasteiger partial charge on any atom is -0.461 e. The van der Waals surface area contributed by atoms with Gasteiger partial charge in [-0.1, -0.05) is 61.4 Å². The van der Waals surface area contributed by atoms with Crippen molar-refractivity contribution in [1.82, 2.24) is 39.1 Å². The van der Waals surface area contributed by atoms with Gasteiger partial charge < -0.3 is 9.47 Å². The van der Waals surface area contributed by atoms with E-state index in [9.17, 15) is 28.8 Å². The predicted molar refractivity (Wildman–Crippen MR) is 246 cm³/mol. The van der Waals surface area contributed by atoms with Crippen molar-refractivity contribution in [3.63, 3.8) is 0 Å². The standard InChI is InChI=1S/C52H65FN8O8/c1-49-17-13-34(21-30(49)5-7-36-38-9-11-43(62)51(38,3)19-15-40(36)49)68-45(64)28-59-24-32(54-56-59)23-58-27-42(53)47(66)61(48(58)67)26-33-25-60(57-55-33)29-46(65)69-35-14-18-50(2)31(22-35)6-8-37-39-10-12-44(63)52(39,4)20-16-41(37)50/h5-6,24-25,27,34-41H,7-23,26,28-29H2,1-4H3/t34-,35-,36-,37-,38-,39-,40-,41-,49-,50-,51-,52-/m0/s1. The first-order chi connectivity index (χ1) is 32.9. The van der Waals surface area contributed by atoms with E-state index in [1.807, 2.05) is 0 Å². The summed E-state index contributed by atoms with van der Waals surface area (Å²) >= 11 is 0. The van der Waals surface area contributed by atoms with Crippen molar-refractivity contribution in [2.45, 2.75) is 169 Å². The largest absolute Gasteiger partial charge is 0.461 e. The molecule has 0 aliphatic heterocycles. The van der Waals surface area contributed by atoms with Crippen LogP contribution < -0.4 is 11.2 Å². The first-order valence-electron chi connectivity index (χ1n) is 25.6. The van der Waals surface area contributed by atoms with Crippen LogP contribution in [0.3, 0.4) is 0 Å². The molecule has 11 rings (SSSR count). The van der Waals surface area contributed by atoms with Crippen molar-refractivity contribution in [2.75, 3.05) is 0 Å². The number of allylic oxidation sites excluding steroid dienone is 2. The Morgan fingerprint density at radius 2 is 1.07 bits per heavy atom. The SMILES string of the molecule is C[C@]12CC[C@H](OC(=O)Cn3cc(Cn4cc(F)c(=O)n(Cc5cn(CC(=O)O[C@H]6CC[C@@]7(C)C(=CC[C@@H]8[C@@H]7CC[C@]7(C)C(=O)CC[C@@H]87)C6)nn5)c4=O)nn3)CC1=CC[C@@H]1[C@@H]2CC[C@]2(C)C(=O)CC[C@@H]12. The van der Waals surface area contributed by atoms with E-state index in [2.05, 4.69) is 60.5 Å². The van der Waals surface area contributed by atoms with Crippen molar-refractivity contribution < 1.29 is 33.0 Å². The summed E-state index contributed by atoms with van der Waals surface area (Å²) in [5, 5.41) is 16.2. The van der Waals surface area contributed by atoms with E-state index in [4.69, 9.17) is 9.47 Å².